The van der Waals surface area contributed by atoms with Gasteiger partial charge in [0.05, 0.1) is 24.2 Å². The summed E-state index contributed by atoms with van der Waals surface area (Å²) in [5.74, 6) is -0.128. The maximum absolute atomic E-state index is 10.5. The Morgan fingerprint density at radius 3 is 2.75 bits per heavy atom. The summed E-state index contributed by atoms with van der Waals surface area (Å²) >= 11 is 0. The van der Waals surface area contributed by atoms with Gasteiger partial charge in [0.15, 0.2) is 0 Å². The number of hydrogen-bond donors (Lipinski definition) is 2. The number of carboxylic acids is 1. The first-order valence-corrected chi connectivity index (χ1v) is 6.32. The number of para-hydroxylation sites is 1. The highest BCUT2D eigenvalue weighted by atomic mass is 16.5. The third kappa shape index (κ3) is 3.71. The molecule has 0 fully saturated rings. The van der Waals surface area contributed by atoms with Crippen molar-refractivity contribution in [1.82, 2.24) is 4.98 Å². The average molecular weight is 272 g/mol. The van der Waals surface area contributed by atoms with Crippen molar-refractivity contribution in [1.29, 1.82) is 0 Å². The van der Waals surface area contributed by atoms with Gasteiger partial charge in [0.25, 0.3) is 0 Å². The Hall–Kier alpha value is -2.56. The van der Waals surface area contributed by atoms with Crippen LogP contribution in [-0.4, -0.2) is 22.7 Å². The molecule has 0 saturated carbocycles. The van der Waals surface area contributed by atoms with Crippen LogP contribution in [0.4, 0.5) is 5.69 Å². The molecule has 0 bridgehead atoms. The average Bonchev–Trinajstić information content (AvgIpc) is 2.45. The number of nitrogen functional groups attached to an aromatic ring is 1. The van der Waals surface area contributed by atoms with Gasteiger partial charge < -0.3 is 15.6 Å². The lowest BCUT2D eigenvalue weighted by molar-refractivity contribution is -0.137. The van der Waals surface area contributed by atoms with Gasteiger partial charge in [-0.15, -0.1) is 0 Å². The second kappa shape index (κ2) is 6.56. The van der Waals surface area contributed by atoms with E-state index in [-0.39, 0.29) is 6.42 Å². The minimum atomic E-state index is -0.818. The monoisotopic (exact) mass is 272 g/mol. The zero-order chi connectivity index (χ0) is 14.4. The second-order valence-corrected chi connectivity index (χ2v) is 4.32. The van der Waals surface area contributed by atoms with Gasteiger partial charge in [0.2, 0.25) is 0 Å². The number of anilines is 1. The number of carbonyl (C=O) groups is 1. The van der Waals surface area contributed by atoms with E-state index in [0.29, 0.717) is 24.5 Å². The largest absolute Gasteiger partial charge is 0.493 e. The van der Waals surface area contributed by atoms with E-state index in [9.17, 15) is 4.79 Å². The van der Waals surface area contributed by atoms with E-state index >= 15 is 0 Å². The molecule has 0 aliphatic rings. The molecule has 0 amide bonds. The number of benzene rings is 1. The van der Waals surface area contributed by atoms with Crippen LogP contribution in [0.2, 0.25) is 0 Å². The van der Waals surface area contributed by atoms with E-state index in [4.69, 9.17) is 15.6 Å². The standard InChI is InChI=1S/C15H16N2O3/c16-11-7-8-13(17-10-11)12-4-1-2-5-14(12)20-9-3-6-15(18)19/h1-2,4-5,7-8,10H,3,6,9,16H2,(H,18,19). The van der Waals surface area contributed by atoms with Crippen molar-refractivity contribution in [2.24, 2.45) is 0 Å². The van der Waals surface area contributed by atoms with Crippen LogP contribution in [0.3, 0.4) is 0 Å². The fraction of sp³-hybridized carbons (Fsp3) is 0.200. The van der Waals surface area contributed by atoms with Crippen molar-refractivity contribution in [2.75, 3.05) is 12.3 Å². The van der Waals surface area contributed by atoms with E-state index in [0.717, 1.165) is 11.3 Å². The van der Waals surface area contributed by atoms with E-state index in [1.54, 1.807) is 12.3 Å². The Morgan fingerprint density at radius 1 is 1.25 bits per heavy atom. The smallest absolute Gasteiger partial charge is 0.303 e. The molecule has 104 valence electrons. The quantitative estimate of drug-likeness (QED) is 0.789. The summed E-state index contributed by atoms with van der Waals surface area (Å²) < 4.78 is 5.64. The Bertz CT molecular complexity index is 582. The second-order valence-electron chi connectivity index (χ2n) is 4.32. The lowest BCUT2D eigenvalue weighted by Gasteiger charge is -2.10. The van der Waals surface area contributed by atoms with Gasteiger partial charge in [-0.05, 0) is 30.7 Å². The zero-order valence-electron chi connectivity index (χ0n) is 11.0. The van der Waals surface area contributed by atoms with Gasteiger partial charge in [0.1, 0.15) is 5.75 Å². The molecule has 0 unspecified atom stereocenters. The summed E-state index contributed by atoms with van der Waals surface area (Å²) in [6, 6.07) is 11.1. The molecular formula is C15H16N2O3. The summed E-state index contributed by atoms with van der Waals surface area (Å²) in [7, 11) is 0. The third-order valence-electron chi connectivity index (χ3n) is 2.74. The number of aliphatic carboxylic acids is 1. The number of hydrogen-bond acceptors (Lipinski definition) is 4. The number of aromatic nitrogens is 1. The van der Waals surface area contributed by atoms with Crippen molar-refractivity contribution in [2.45, 2.75) is 12.8 Å². The SMILES string of the molecule is Nc1ccc(-c2ccccc2OCCCC(=O)O)nc1. The molecule has 20 heavy (non-hydrogen) atoms. The summed E-state index contributed by atoms with van der Waals surface area (Å²) in [4.78, 5) is 14.7. The molecule has 5 nitrogen and oxygen atoms in total. The molecule has 0 atom stereocenters. The first-order chi connectivity index (χ1) is 9.66. The van der Waals surface area contributed by atoms with Crippen LogP contribution in [0.25, 0.3) is 11.3 Å². The van der Waals surface area contributed by atoms with E-state index in [1.165, 1.54) is 0 Å². The minimum absolute atomic E-state index is 0.0995. The molecule has 3 N–H and O–H groups in total. The lowest BCUT2D eigenvalue weighted by Crippen LogP contribution is -2.03. The van der Waals surface area contributed by atoms with Gasteiger partial charge in [-0.1, -0.05) is 12.1 Å². The highest BCUT2D eigenvalue weighted by molar-refractivity contribution is 5.68. The first kappa shape index (κ1) is 13.9. The van der Waals surface area contributed by atoms with Gasteiger partial charge in [-0.3, -0.25) is 9.78 Å². The van der Waals surface area contributed by atoms with E-state index in [1.807, 2.05) is 30.3 Å². The lowest BCUT2D eigenvalue weighted by atomic mass is 10.1. The fourth-order valence-electron chi connectivity index (χ4n) is 1.77. The molecule has 0 radical (unpaired) electrons. The van der Waals surface area contributed by atoms with Crippen molar-refractivity contribution in [3.63, 3.8) is 0 Å². The molecule has 2 rings (SSSR count). The van der Waals surface area contributed by atoms with Crippen LogP contribution in [0.5, 0.6) is 5.75 Å². The fourth-order valence-corrected chi connectivity index (χ4v) is 1.77. The molecular weight excluding hydrogens is 256 g/mol. The van der Waals surface area contributed by atoms with E-state index in [2.05, 4.69) is 4.98 Å². The molecule has 0 aliphatic carbocycles. The molecule has 1 heterocycles. The number of nitrogens with two attached hydrogens (primary N) is 1. The summed E-state index contributed by atoms with van der Waals surface area (Å²) in [6.07, 6.45) is 2.16. The van der Waals surface area contributed by atoms with Gasteiger partial charge >= 0.3 is 5.97 Å². The van der Waals surface area contributed by atoms with Crippen LogP contribution < -0.4 is 10.5 Å². The Balaban J connectivity index is 2.10. The van der Waals surface area contributed by atoms with Crippen LogP contribution in [0, 0.1) is 0 Å². The maximum atomic E-state index is 10.5. The summed E-state index contributed by atoms with van der Waals surface area (Å²) in [5.41, 5.74) is 7.86. The first-order valence-electron chi connectivity index (χ1n) is 6.32. The number of pyridine rings is 1. The Kier molecular flexibility index (Phi) is 4.55. The predicted octanol–water partition coefficient (Wildman–Crippen LogP) is 2.57. The third-order valence-corrected chi connectivity index (χ3v) is 2.74. The molecule has 1 aromatic heterocycles. The molecule has 0 aliphatic heterocycles. The van der Waals surface area contributed by atoms with Gasteiger partial charge in [-0.25, -0.2) is 0 Å². The van der Waals surface area contributed by atoms with Crippen LogP contribution >= 0.6 is 0 Å². The number of ether oxygens (including phenoxy) is 1. The highest BCUT2D eigenvalue weighted by Crippen LogP contribution is 2.28. The number of nitrogens with zero attached hydrogens (tertiary/aromatic N) is 1. The summed E-state index contributed by atoms with van der Waals surface area (Å²) in [6.45, 7) is 0.359. The number of carboxylic acid groups (broad SMARTS) is 1. The van der Waals surface area contributed by atoms with E-state index < -0.39 is 5.97 Å². The topological polar surface area (TPSA) is 85.4 Å². The molecule has 5 heteroatoms. The maximum Gasteiger partial charge on any atom is 0.303 e. The van der Waals surface area contributed by atoms with Crippen molar-refractivity contribution >= 4 is 11.7 Å². The van der Waals surface area contributed by atoms with Gasteiger partial charge in [-0.2, -0.15) is 0 Å². The summed E-state index contributed by atoms with van der Waals surface area (Å²) in [5, 5.41) is 8.59. The Labute approximate surface area is 117 Å². The van der Waals surface area contributed by atoms with Crippen LogP contribution in [-0.2, 0) is 4.79 Å². The molecule has 2 aromatic rings. The highest BCUT2D eigenvalue weighted by Gasteiger charge is 2.07. The molecule has 0 spiro atoms. The minimum Gasteiger partial charge on any atom is -0.493 e. The Morgan fingerprint density at radius 2 is 2.05 bits per heavy atom. The zero-order valence-corrected chi connectivity index (χ0v) is 11.0. The number of rotatable bonds is 6. The molecule has 1 aromatic carbocycles. The van der Waals surface area contributed by atoms with Crippen molar-refractivity contribution < 1.29 is 14.6 Å². The van der Waals surface area contributed by atoms with Crippen molar-refractivity contribution in [3.8, 4) is 17.0 Å². The van der Waals surface area contributed by atoms with Gasteiger partial charge in [0, 0.05) is 12.0 Å². The van der Waals surface area contributed by atoms with Crippen LogP contribution in [0.15, 0.2) is 42.6 Å². The van der Waals surface area contributed by atoms with Crippen LogP contribution in [0.1, 0.15) is 12.8 Å². The molecule has 0 saturated heterocycles. The normalized spacial score (nSPS) is 10.2. The predicted molar refractivity (Wildman–Crippen MR) is 76.5 cm³/mol. The van der Waals surface area contributed by atoms with Crippen molar-refractivity contribution in [3.05, 3.63) is 42.6 Å².